The molecule has 2 atom stereocenters. The molecule has 0 N–H and O–H groups in total. The molecule has 0 aromatic carbocycles. The van der Waals surface area contributed by atoms with Crippen LogP contribution >= 0.6 is 11.6 Å². The van der Waals surface area contributed by atoms with Gasteiger partial charge in [-0.25, -0.2) is 4.98 Å². The van der Waals surface area contributed by atoms with Gasteiger partial charge < -0.3 is 9.30 Å². The lowest BCUT2D eigenvalue weighted by Crippen LogP contribution is -2.12. The molecule has 0 saturated heterocycles. The van der Waals surface area contributed by atoms with Gasteiger partial charge in [-0.05, 0) is 38.7 Å². The van der Waals surface area contributed by atoms with Crippen LogP contribution in [0.4, 0.5) is 0 Å². The van der Waals surface area contributed by atoms with E-state index in [1.807, 2.05) is 19.1 Å². The van der Waals surface area contributed by atoms with Crippen molar-refractivity contribution in [2.24, 2.45) is 5.92 Å². The largest absolute Gasteiger partial charge is 0.481 e. The van der Waals surface area contributed by atoms with Crippen molar-refractivity contribution in [2.75, 3.05) is 7.11 Å². The molecule has 1 aliphatic carbocycles. The number of alkyl halides is 1. The van der Waals surface area contributed by atoms with Crippen LogP contribution in [0, 0.1) is 5.92 Å². The maximum absolute atomic E-state index is 6.28. The SMILES string of the molecule is COc1ccc2nc(C(C)Cl)n(C(C)C3CC3)c2n1. The van der Waals surface area contributed by atoms with Crippen LogP contribution in [0.1, 0.15) is 43.9 Å². The molecule has 102 valence electrons. The highest BCUT2D eigenvalue weighted by molar-refractivity contribution is 6.20. The van der Waals surface area contributed by atoms with Crippen molar-refractivity contribution >= 4 is 22.8 Å². The Balaban J connectivity index is 2.20. The molecule has 19 heavy (non-hydrogen) atoms. The van der Waals surface area contributed by atoms with Gasteiger partial charge in [-0.2, -0.15) is 4.98 Å². The molecule has 2 aromatic heterocycles. The van der Waals surface area contributed by atoms with Gasteiger partial charge in [-0.3, -0.25) is 0 Å². The zero-order valence-corrected chi connectivity index (χ0v) is 12.2. The highest BCUT2D eigenvalue weighted by atomic mass is 35.5. The van der Waals surface area contributed by atoms with Crippen molar-refractivity contribution in [3.63, 3.8) is 0 Å². The number of methoxy groups -OCH3 is 1. The predicted octanol–water partition coefficient (Wildman–Crippen LogP) is 3.71. The monoisotopic (exact) mass is 279 g/mol. The Morgan fingerprint density at radius 1 is 1.32 bits per heavy atom. The summed E-state index contributed by atoms with van der Waals surface area (Å²) in [5.41, 5.74) is 1.76. The van der Waals surface area contributed by atoms with Crippen LogP contribution in [0.15, 0.2) is 12.1 Å². The van der Waals surface area contributed by atoms with Crippen molar-refractivity contribution in [1.82, 2.24) is 14.5 Å². The Kier molecular flexibility index (Phi) is 3.13. The standard InChI is InChI=1S/C14H18ClN3O/c1-8(15)13-16-11-6-7-12(19-3)17-14(11)18(13)9(2)10-4-5-10/h6-10H,4-5H2,1-3H3. The number of ether oxygens (including phenoxy) is 1. The average Bonchev–Trinajstić information content (AvgIpc) is 3.17. The van der Waals surface area contributed by atoms with Gasteiger partial charge in [0.25, 0.3) is 0 Å². The fraction of sp³-hybridized carbons (Fsp3) is 0.571. The van der Waals surface area contributed by atoms with Gasteiger partial charge in [0.15, 0.2) is 5.65 Å². The van der Waals surface area contributed by atoms with E-state index in [2.05, 4.69) is 21.5 Å². The Labute approximate surface area is 117 Å². The summed E-state index contributed by atoms with van der Waals surface area (Å²) in [6.07, 6.45) is 2.56. The molecular weight excluding hydrogens is 262 g/mol. The maximum Gasteiger partial charge on any atom is 0.215 e. The number of aromatic nitrogens is 3. The van der Waals surface area contributed by atoms with Crippen LogP contribution in [0.5, 0.6) is 5.88 Å². The molecule has 0 spiro atoms. The third-order valence-corrected chi connectivity index (χ3v) is 4.01. The van der Waals surface area contributed by atoms with Gasteiger partial charge in [0.2, 0.25) is 5.88 Å². The summed E-state index contributed by atoms with van der Waals surface area (Å²) < 4.78 is 7.41. The summed E-state index contributed by atoms with van der Waals surface area (Å²) in [6, 6.07) is 4.17. The Morgan fingerprint density at radius 3 is 2.63 bits per heavy atom. The molecular formula is C14H18ClN3O. The van der Waals surface area contributed by atoms with E-state index in [4.69, 9.17) is 16.3 Å². The summed E-state index contributed by atoms with van der Waals surface area (Å²) in [5.74, 6) is 2.24. The van der Waals surface area contributed by atoms with Crippen molar-refractivity contribution in [3.8, 4) is 5.88 Å². The molecule has 0 amide bonds. The second-order valence-electron chi connectivity index (χ2n) is 5.23. The molecule has 1 saturated carbocycles. The minimum Gasteiger partial charge on any atom is -0.481 e. The van der Waals surface area contributed by atoms with Crippen LogP contribution in [0.3, 0.4) is 0 Å². The number of halogens is 1. The van der Waals surface area contributed by atoms with Gasteiger partial charge in [-0.15, -0.1) is 11.6 Å². The molecule has 2 unspecified atom stereocenters. The highest BCUT2D eigenvalue weighted by Crippen LogP contribution is 2.42. The minimum absolute atomic E-state index is 0.124. The first kappa shape index (κ1) is 12.7. The number of rotatable bonds is 4. The molecule has 2 aromatic rings. The summed E-state index contributed by atoms with van der Waals surface area (Å²) in [7, 11) is 1.63. The molecule has 5 heteroatoms. The summed E-state index contributed by atoms with van der Waals surface area (Å²) in [6.45, 7) is 4.18. The lowest BCUT2D eigenvalue weighted by Gasteiger charge is -2.17. The fourth-order valence-corrected chi connectivity index (χ4v) is 2.71. The van der Waals surface area contributed by atoms with E-state index in [9.17, 15) is 0 Å². The third-order valence-electron chi connectivity index (χ3n) is 3.82. The van der Waals surface area contributed by atoms with Gasteiger partial charge in [0, 0.05) is 12.1 Å². The second-order valence-corrected chi connectivity index (χ2v) is 5.89. The lowest BCUT2D eigenvalue weighted by molar-refractivity contribution is 0.397. The Hall–Kier alpha value is -1.29. The van der Waals surface area contributed by atoms with Gasteiger partial charge in [0.05, 0.1) is 12.5 Å². The van der Waals surface area contributed by atoms with Crippen LogP contribution in [-0.4, -0.2) is 21.6 Å². The van der Waals surface area contributed by atoms with E-state index in [1.54, 1.807) is 7.11 Å². The smallest absolute Gasteiger partial charge is 0.215 e. The highest BCUT2D eigenvalue weighted by Gasteiger charge is 2.32. The molecule has 0 aliphatic heterocycles. The van der Waals surface area contributed by atoms with E-state index < -0.39 is 0 Å². The predicted molar refractivity (Wildman–Crippen MR) is 75.8 cm³/mol. The second kappa shape index (κ2) is 4.67. The third kappa shape index (κ3) is 2.18. The molecule has 1 fully saturated rings. The molecule has 3 rings (SSSR count). The first-order valence-corrected chi connectivity index (χ1v) is 7.12. The van der Waals surface area contributed by atoms with Crippen LogP contribution in [0.2, 0.25) is 0 Å². The summed E-state index contributed by atoms with van der Waals surface area (Å²) in [4.78, 5) is 9.18. The minimum atomic E-state index is -0.124. The number of hydrogen-bond donors (Lipinski definition) is 0. The molecule has 0 bridgehead atoms. The van der Waals surface area contributed by atoms with Gasteiger partial charge in [0.1, 0.15) is 11.3 Å². The maximum atomic E-state index is 6.28. The Bertz CT molecular complexity index is 604. The van der Waals surface area contributed by atoms with Crippen molar-refractivity contribution < 1.29 is 4.74 Å². The van der Waals surface area contributed by atoms with Crippen molar-refractivity contribution in [1.29, 1.82) is 0 Å². The van der Waals surface area contributed by atoms with Crippen LogP contribution in [-0.2, 0) is 0 Å². The normalized spacial score (nSPS) is 18.5. The topological polar surface area (TPSA) is 39.9 Å². The van der Waals surface area contributed by atoms with E-state index in [0.29, 0.717) is 11.9 Å². The summed E-state index contributed by atoms with van der Waals surface area (Å²) in [5, 5.41) is -0.124. The number of imidazole rings is 1. The lowest BCUT2D eigenvalue weighted by atomic mass is 10.2. The quantitative estimate of drug-likeness (QED) is 0.801. The number of pyridine rings is 1. The molecule has 2 heterocycles. The number of nitrogens with zero attached hydrogens (tertiary/aromatic N) is 3. The molecule has 1 aliphatic rings. The molecule has 4 nitrogen and oxygen atoms in total. The zero-order chi connectivity index (χ0) is 13.6. The zero-order valence-electron chi connectivity index (χ0n) is 11.4. The van der Waals surface area contributed by atoms with Crippen molar-refractivity contribution in [2.45, 2.75) is 38.1 Å². The number of fused-ring (bicyclic) bond motifs is 1. The number of hydrogen-bond acceptors (Lipinski definition) is 3. The van der Waals surface area contributed by atoms with E-state index in [-0.39, 0.29) is 5.38 Å². The van der Waals surface area contributed by atoms with Crippen LogP contribution in [0.25, 0.3) is 11.2 Å². The van der Waals surface area contributed by atoms with E-state index in [1.165, 1.54) is 12.8 Å². The van der Waals surface area contributed by atoms with Crippen molar-refractivity contribution in [3.05, 3.63) is 18.0 Å². The van der Waals surface area contributed by atoms with Gasteiger partial charge >= 0.3 is 0 Å². The molecule has 0 radical (unpaired) electrons. The van der Waals surface area contributed by atoms with E-state index >= 15 is 0 Å². The van der Waals surface area contributed by atoms with Gasteiger partial charge in [-0.1, -0.05) is 0 Å². The summed E-state index contributed by atoms with van der Waals surface area (Å²) >= 11 is 6.28. The first-order valence-electron chi connectivity index (χ1n) is 6.68. The van der Waals surface area contributed by atoms with E-state index in [0.717, 1.165) is 22.9 Å². The Morgan fingerprint density at radius 2 is 2.05 bits per heavy atom. The average molecular weight is 280 g/mol. The fourth-order valence-electron chi connectivity index (χ4n) is 2.56. The first-order chi connectivity index (χ1) is 9.11. The van der Waals surface area contributed by atoms with Crippen LogP contribution < -0.4 is 4.74 Å².